The van der Waals surface area contributed by atoms with Crippen LogP contribution in [0.2, 0.25) is 0 Å². The fourth-order valence-corrected chi connectivity index (χ4v) is 2.34. The van der Waals surface area contributed by atoms with E-state index in [1.54, 1.807) is 6.92 Å². The topological polar surface area (TPSA) is 91.4 Å². The van der Waals surface area contributed by atoms with Crippen molar-refractivity contribution in [1.29, 1.82) is 0 Å². The molecule has 0 aromatic carbocycles. The Morgan fingerprint density at radius 1 is 1.29 bits per heavy atom. The third-order valence-electron chi connectivity index (χ3n) is 3.29. The molecule has 0 unspecified atom stereocenters. The highest BCUT2D eigenvalue weighted by Crippen LogP contribution is 2.37. The number of esters is 2. The molecule has 2 atom stereocenters. The average molecular weight is 303 g/mol. The number of carbonyl (C=O) groups excluding carboxylic acids is 3. The normalized spacial score (nSPS) is 24.8. The van der Waals surface area contributed by atoms with E-state index in [1.807, 2.05) is 0 Å². The summed E-state index contributed by atoms with van der Waals surface area (Å²) in [6.07, 6.45) is -0.646. The van der Waals surface area contributed by atoms with Crippen LogP contribution in [0.4, 0.5) is 0 Å². The first kappa shape index (κ1) is 17.4. The Labute approximate surface area is 123 Å². The molecule has 0 N–H and O–H groups in total. The predicted octanol–water partition coefficient (Wildman–Crippen LogP) is 0.398. The highest BCUT2D eigenvalue weighted by molar-refractivity contribution is 5.87. The first-order valence-electron chi connectivity index (χ1n) is 6.65. The summed E-state index contributed by atoms with van der Waals surface area (Å²) >= 11 is 0. The SMILES string of the molecule is CCO[C@@H]1C[C@@](CCC(=O)OC)(C(=O)OC)N(C(C)=O)O1. The number of hydrogen-bond donors (Lipinski definition) is 0. The molecule has 1 heterocycles. The minimum Gasteiger partial charge on any atom is -0.469 e. The molecule has 1 fully saturated rings. The number of hydrogen-bond acceptors (Lipinski definition) is 7. The Hall–Kier alpha value is -1.67. The second kappa shape index (κ2) is 7.37. The van der Waals surface area contributed by atoms with Gasteiger partial charge in [-0.15, -0.1) is 0 Å². The molecule has 0 aromatic rings. The van der Waals surface area contributed by atoms with E-state index >= 15 is 0 Å². The van der Waals surface area contributed by atoms with Crippen molar-refractivity contribution < 1.29 is 33.4 Å². The van der Waals surface area contributed by atoms with Gasteiger partial charge in [0.2, 0.25) is 5.91 Å². The molecule has 21 heavy (non-hydrogen) atoms. The highest BCUT2D eigenvalue weighted by atomic mass is 16.8. The number of nitrogens with zero attached hydrogens (tertiary/aromatic N) is 1. The molecule has 0 aliphatic carbocycles. The van der Waals surface area contributed by atoms with Gasteiger partial charge in [0.05, 0.1) is 14.2 Å². The van der Waals surface area contributed by atoms with Gasteiger partial charge in [0, 0.05) is 26.4 Å². The monoisotopic (exact) mass is 303 g/mol. The van der Waals surface area contributed by atoms with Gasteiger partial charge in [-0.2, -0.15) is 0 Å². The Bertz CT molecular complexity index is 411. The Balaban J connectivity index is 3.03. The zero-order chi connectivity index (χ0) is 16.0. The van der Waals surface area contributed by atoms with Crippen molar-refractivity contribution in [1.82, 2.24) is 5.06 Å². The number of methoxy groups -OCH3 is 2. The lowest BCUT2D eigenvalue weighted by Gasteiger charge is -2.31. The lowest BCUT2D eigenvalue weighted by atomic mass is 9.89. The molecule has 1 aliphatic heterocycles. The maximum Gasteiger partial charge on any atom is 0.334 e. The molecular weight excluding hydrogens is 282 g/mol. The molecule has 1 saturated heterocycles. The summed E-state index contributed by atoms with van der Waals surface area (Å²) < 4.78 is 14.7. The third-order valence-corrected chi connectivity index (χ3v) is 3.29. The number of rotatable bonds is 6. The van der Waals surface area contributed by atoms with Crippen LogP contribution in [0.3, 0.4) is 0 Å². The first-order chi connectivity index (χ1) is 9.91. The maximum absolute atomic E-state index is 12.2. The van der Waals surface area contributed by atoms with Gasteiger partial charge >= 0.3 is 11.9 Å². The predicted molar refractivity (Wildman–Crippen MR) is 69.6 cm³/mol. The fourth-order valence-electron chi connectivity index (χ4n) is 2.34. The Morgan fingerprint density at radius 3 is 2.43 bits per heavy atom. The minimum atomic E-state index is -1.38. The maximum atomic E-state index is 12.2. The summed E-state index contributed by atoms with van der Waals surface area (Å²) in [6.45, 7) is 3.41. The van der Waals surface area contributed by atoms with E-state index in [-0.39, 0.29) is 19.3 Å². The molecular formula is C13H21NO7. The standard InChI is InChI=1S/C13H21NO7/c1-5-20-11-8-13(12(17)19-4,7-6-10(16)18-3)14(21-11)9(2)15/h11H,5-8H2,1-4H3/t11-,13-/m0/s1. The molecule has 0 saturated carbocycles. The molecule has 1 aliphatic rings. The second-order valence-electron chi connectivity index (χ2n) is 4.61. The van der Waals surface area contributed by atoms with Gasteiger partial charge in [-0.05, 0) is 13.3 Å². The van der Waals surface area contributed by atoms with Crippen molar-refractivity contribution in [2.75, 3.05) is 20.8 Å². The summed E-state index contributed by atoms with van der Waals surface area (Å²) in [5.74, 6) is -1.60. The number of ether oxygens (including phenoxy) is 3. The van der Waals surface area contributed by atoms with Gasteiger partial charge in [0.1, 0.15) is 0 Å². The van der Waals surface area contributed by atoms with E-state index in [2.05, 4.69) is 4.74 Å². The average Bonchev–Trinajstić information content (AvgIpc) is 2.84. The first-order valence-corrected chi connectivity index (χ1v) is 6.65. The number of amides is 1. The largest absolute Gasteiger partial charge is 0.469 e. The summed E-state index contributed by atoms with van der Waals surface area (Å²) in [5, 5.41) is 0.947. The second-order valence-corrected chi connectivity index (χ2v) is 4.61. The summed E-state index contributed by atoms with van der Waals surface area (Å²) in [4.78, 5) is 40.7. The minimum absolute atomic E-state index is 0.0372. The fraction of sp³-hybridized carbons (Fsp3) is 0.769. The van der Waals surface area contributed by atoms with E-state index in [1.165, 1.54) is 21.1 Å². The van der Waals surface area contributed by atoms with Crippen molar-refractivity contribution in [3.8, 4) is 0 Å². The quantitative estimate of drug-likeness (QED) is 0.656. The van der Waals surface area contributed by atoms with Gasteiger partial charge in [-0.3, -0.25) is 9.59 Å². The number of hydroxylamine groups is 2. The van der Waals surface area contributed by atoms with E-state index in [9.17, 15) is 14.4 Å². The molecule has 8 heteroatoms. The van der Waals surface area contributed by atoms with Crippen LogP contribution in [-0.2, 0) is 33.4 Å². The lowest BCUT2D eigenvalue weighted by Crippen LogP contribution is -2.52. The smallest absolute Gasteiger partial charge is 0.334 e. The van der Waals surface area contributed by atoms with Crippen molar-refractivity contribution in [3.05, 3.63) is 0 Å². The Morgan fingerprint density at radius 2 is 1.95 bits per heavy atom. The summed E-state index contributed by atoms with van der Waals surface area (Å²) in [7, 11) is 2.47. The molecule has 0 aromatic heterocycles. The molecule has 1 amide bonds. The van der Waals surface area contributed by atoms with Crippen LogP contribution in [0.5, 0.6) is 0 Å². The molecule has 0 radical (unpaired) electrons. The van der Waals surface area contributed by atoms with Crippen LogP contribution in [0.15, 0.2) is 0 Å². The van der Waals surface area contributed by atoms with Gasteiger partial charge in [0.25, 0.3) is 0 Å². The molecule has 0 spiro atoms. The number of carbonyl (C=O) groups is 3. The van der Waals surface area contributed by atoms with Crippen molar-refractivity contribution >= 4 is 17.8 Å². The molecule has 8 nitrogen and oxygen atoms in total. The van der Waals surface area contributed by atoms with Gasteiger partial charge < -0.3 is 14.2 Å². The molecule has 120 valence electrons. The summed E-state index contributed by atoms with van der Waals surface area (Å²) in [6, 6.07) is 0. The van der Waals surface area contributed by atoms with Crippen LogP contribution in [0.1, 0.15) is 33.1 Å². The molecule has 0 bridgehead atoms. The third kappa shape index (κ3) is 3.70. The van der Waals surface area contributed by atoms with Gasteiger partial charge in [-0.25, -0.2) is 14.7 Å². The van der Waals surface area contributed by atoms with Crippen LogP contribution in [0.25, 0.3) is 0 Å². The van der Waals surface area contributed by atoms with Gasteiger partial charge in [0.15, 0.2) is 11.8 Å². The molecule has 1 rings (SSSR count). The van der Waals surface area contributed by atoms with Crippen LogP contribution in [0, 0.1) is 0 Å². The van der Waals surface area contributed by atoms with E-state index in [0.717, 1.165) is 5.06 Å². The van der Waals surface area contributed by atoms with Crippen molar-refractivity contribution in [2.24, 2.45) is 0 Å². The zero-order valence-electron chi connectivity index (χ0n) is 12.7. The van der Waals surface area contributed by atoms with Crippen LogP contribution < -0.4 is 0 Å². The lowest BCUT2D eigenvalue weighted by molar-refractivity contribution is -0.244. The van der Waals surface area contributed by atoms with Crippen LogP contribution >= 0.6 is 0 Å². The van der Waals surface area contributed by atoms with Gasteiger partial charge in [-0.1, -0.05) is 0 Å². The van der Waals surface area contributed by atoms with Crippen molar-refractivity contribution in [3.63, 3.8) is 0 Å². The summed E-state index contributed by atoms with van der Waals surface area (Å²) in [5.41, 5.74) is -1.38. The van der Waals surface area contributed by atoms with Crippen molar-refractivity contribution in [2.45, 2.75) is 44.9 Å². The Kier molecular flexibility index (Phi) is 6.10. The highest BCUT2D eigenvalue weighted by Gasteiger charge is 2.55. The van der Waals surface area contributed by atoms with Crippen LogP contribution in [-0.4, -0.2) is 55.6 Å². The van der Waals surface area contributed by atoms with E-state index < -0.39 is 29.7 Å². The van der Waals surface area contributed by atoms with E-state index in [4.69, 9.17) is 14.3 Å². The van der Waals surface area contributed by atoms with E-state index in [0.29, 0.717) is 6.61 Å². The zero-order valence-corrected chi connectivity index (χ0v) is 12.7.